The molecule has 0 atom stereocenters. The highest BCUT2D eigenvalue weighted by molar-refractivity contribution is 8.00. The van der Waals surface area contributed by atoms with Crippen LogP contribution in [0.25, 0.3) is 0 Å². The Labute approximate surface area is 121 Å². The van der Waals surface area contributed by atoms with Gasteiger partial charge in [0.1, 0.15) is 0 Å². The zero-order chi connectivity index (χ0) is 13.7. The summed E-state index contributed by atoms with van der Waals surface area (Å²) in [5.41, 5.74) is 2.18. The van der Waals surface area contributed by atoms with Gasteiger partial charge in [-0.2, -0.15) is 11.8 Å². The Morgan fingerprint density at radius 2 is 2.05 bits per heavy atom. The van der Waals surface area contributed by atoms with E-state index < -0.39 is 0 Å². The van der Waals surface area contributed by atoms with Gasteiger partial charge < -0.3 is 0 Å². The molecule has 2 heteroatoms. The van der Waals surface area contributed by atoms with Crippen molar-refractivity contribution in [3.05, 3.63) is 35.4 Å². The lowest BCUT2D eigenvalue weighted by Gasteiger charge is -2.09. The predicted molar refractivity (Wildman–Crippen MR) is 84.0 cm³/mol. The molecule has 1 fully saturated rings. The zero-order valence-corrected chi connectivity index (χ0v) is 12.8. The quantitative estimate of drug-likeness (QED) is 0.698. The third kappa shape index (κ3) is 4.68. The van der Waals surface area contributed by atoms with Crippen molar-refractivity contribution in [2.24, 2.45) is 5.92 Å². The molecule has 0 saturated heterocycles. The summed E-state index contributed by atoms with van der Waals surface area (Å²) < 4.78 is 0. The second-order valence-electron chi connectivity index (χ2n) is 5.94. The normalized spacial score (nSPS) is 16.2. The summed E-state index contributed by atoms with van der Waals surface area (Å²) in [6.45, 7) is 4.43. The number of carbonyl (C=O) groups is 1. The number of Topliss-reactive ketones (excluding diaryl/α,β-unsaturated/α-hetero) is 1. The van der Waals surface area contributed by atoms with Gasteiger partial charge in [0, 0.05) is 10.8 Å². The fourth-order valence-corrected chi connectivity index (χ4v) is 3.90. The lowest BCUT2D eigenvalue weighted by molar-refractivity contribution is 0.102. The molecule has 1 nitrogen and oxygen atoms in total. The summed E-state index contributed by atoms with van der Waals surface area (Å²) in [5.74, 6) is 1.58. The van der Waals surface area contributed by atoms with Crippen molar-refractivity contribution in [3.63, 3.8) is 0 Å². The summed E-state index contributed by atoms with van der Waals surface area (Å²) in [7, 11) is 0. The molecule has 1 aromatic rings. The highest BCUT2D eigenvalue weighted by Crippen LogP contribution is 2.29. The SMILES string of the molecule is CC(C)Cc1cccc(C(=O)CSC2CCCC2)c1. The molecule has 0 aliphatic heterocycles. The summed E-state index contributed by atoms with van der Waals surface area (Å²) >= 11 is 1.86. The first-order valence-electron chi connectivity index (χ1n) is 7.39. The second-order valence-corrected chi connectivity index (χ2v) is 7.23. The molecule has 104 valence electrons. The largest absolute Gasteiger partial charge is 0.293 e. The highest BCUT2D eigenvalue weighted by Gasteiger charge is 2.17. The smallest absolute Gasteiger partial charge is 0.172 e. The van der Waals surface area contributed by atoms with Crippen molar-refractivity contribution < 1.29 is 4.79 Å². The number of carbonyl (C=O) groups excluding carboxylic acids is 1. The van der Waals surface area contributed by atoms with E-state index in [2.05, 4.69) is 26.0 Å². The van der Waals surface area contributed by atoms with Gasteiger partial charge in [-0.3, -0.25) is 4.79 Å². The first-order valence-corrected chi connectivity index (χ1v) is 8.44. The van der Waals surface area contributed by atoms with E-state index in [1.54, 1.807) is 0 Å². The minimum absolute atomic E-state index is 0.294. The third-order valence-electron chi connectivity index (χ3n) is 3.65. The number of rotatable bonds is 6. The van der Waals surface area contributed by atoms with Crippen LogP contribution in [-0.2, 0) is 6.42 Å². The van der Waals surface area contributed by atoms with E-state index in [4.69, 9.17) is 0 Å². The van der Waals surface area contributed by atoms with Crippen LogP contribution >= 0.6 is 11.8 Å². The Hall–Kier alpha value is -0.760. The summed E-state index contributed by atoms with van der Waals surface area (Å²) in [6, 6.07) is 8.19. The first-order chi connectivity index (χ1) is 9.15. The molecule has 1 aliphatic rings. The average Bonchev–Trinajstić information content (AvgIpc) is 2.88. The van der Waals surface area contributed by atoms with Gasteiger partial charge in [-0.05, 0) is 36.8 Å². The number of benzene rings is 1. The van der Waals surface area contributed by atoms with Crippen molar-refractivity contribution >= 4 is 17.5 Å². The molecule has 0 unspecified atom stereocenters. The molecule has 0 aromatic heterocycles. The lowest BCUT2D eigenvalue weighted by Crippen LogP contribution is -2.07. The van der Waals surface area contributed by atoms with E-state index in [1.807, 2.05) is 23.9 Å². The molecule has 2 rings (SSSR count). The molecule has 1 saturated carbocycles. The maximum atomic E-state index is 12.2. The maximum absolute atomic E-state index is 12.2. The predicted octanol–water partition coefficient (Wildman–Crippen LogP) is 4.74. The molecule has 0 heterocycles. The van der Waals surface area contributed by atoms with Crippen molar-refractivity contribution in [1.82, 2.24) is 0 Å². The van der Waals surface area contributed by atoms with Gasteiger partial charge in [0.2, 0.25) is 0 Å². The van der Waals surface area contributed by atoms with Gasteiger partial charge in [0.05, 0.1) is 5.75 Å². The van der Waals surface area contributed by atoms with Gasteiger partial charge in [-0.1, -0.05) is 44.9 Å². The van der Waals surface area contributed by atoms with Crippen molar-refractivity contribution in [3.8, 4) is 0 Å². The number of hydrogen-bond donors (Lipinski definition) is 0. The fourth-order valence-electron chi connectivity index (χ4n) is 2.68. The maximum Gasteiger partial charge on any atom is 0.172 e. The van der Waals surface area contributed by atoms with Crippen LogP contribution in [0.2, 0.25) is 0 Å². The summed E-state index contributed by atoms with van der Waals surface area (Å²) in [6.07, 6.45) is 6.33. The van der Waals surface area contributed by atoms with E-state index >= 15 is 0 Å². The molecule has 0 spiro atoms. The molecule has 1 aromatic carbocycles. The molecular weight excluding hydrogens is 252 g/mol. The minimum Gasteiger partial charge on any atom is -0.293 e. The number of hydrogen-bond acceptors (Lipinski definition) is 2. The van der Waals surface area contributed by atoms with Crippen LogP contribution < -0.4 is 0 Å². The van der Waals surface area contributed by atoms with Crippen molar-refractivity contribution in [1.29, 1.82) is 0 Å². The van der Waals surface area contributed by atoms with Crippen LogP contribution in [0.1, 0.15) is 55.5 Å². The Balaban J connectivity index is 1.90. The van der Waals surface area contributed by atoms with Gasteiger partial charge >= 0.3 is 0 Å². The van der Waals surface area contributed by atoms with Crippen LogP contribution in [0, 0.1) is 5.92 Å². The van der Waals surface area contributed by atoms with Gasteiger partial charge in [0.15, 0.2) is 5.78 Å². The third-order valence-corrected chi connectivity index (χ3v) is 5.02. The van der Waals surface area contributed by atoms with Crippen LogP contribution in [0.3, 0.4) is 0 Å². The van der Waals surface area contributed by atoms with Crippen LogP contribution in [0.5, 0.6) is 0 Å². The molecule has 1 aliphatic carbocycles. The van der Waals surface area contributed by atoms with Crippen LogP contribution in [0.4, 0.5) is 0 Å². The van der Waals surface area contributed by atoms with E-state index in [0.29, 0.717) is 17.5 Å². The molecular formula is C17H24OS. The fraction of sp³-hybridized carbons (Fsp3) is 0.588. The Morgan fingerprint density at radius 3 is 2.74 bits per heavy atom. The standard InChI is InChI=1S/C17H24OS/c1-13(2)10-14-6-5-7-15(11-14)17(18)12-19-16-8-3-4-9-16/h5-7,11,13,16H,3-4,8-10,12H2,1-2H3. The van der Waals surface area contributed by atoms with Crippen molar-refractivity contribution in [2.75, 3.05) is 5.75 Å². The van der Waals surface area contributed by atoms with Gasteiger partial charge in [0.25, 0.3) is 0 Å². The summed E-state index contributed by atoms with van der Waals surface area (Å²) in [4.78, 5) is 12.2. The summed E-state index contributed by atoms with van der Waals surface area (Å²) in [5, 5.41) is 0.725. The molecule has 0 N–H and O–H groups in total. The molecule has 0 radical (unpaired) electrons. The Morgan fingerprint density at radius 1 is 1.32 bits per heavy atom. The Bertz CT molecular complexity index is 419. The van der Waals surface area contributed by atoms with Gasteiger partial charge in [-0.15, -0.1) is 0 Å². The highest BCUT2D eigenvalue weighted by atomic mass is 32.2. The zero-order valence-electron chi connectivity index (χ0n) is 12.0. The monoisotopic (exact) mass is 276 g/mol. The molecule has 19 heavy (non-hydrogen) atoms. The number of thioether (sulfide) groups is 1. The minimum atomic E-state index is 0.294. The second kappa shape index (κ2) is 7.14. The topological polar surface area (TPSA) is 17.1 Å². The van der Waals surface area contributed by atoms with E-state index in [0.717, 1.165) is 17.2 Å². The average molecular weight is 276 g/mol. The lowest BCUT2D eigenvalue weighted by atomic mass is 10.00. The first kappa shape index (κ1) is 14.6. The number of ketones is 1. The molecule has 0 amide bonds. The van der Waals surface area contributed by atoms with Crippen LogP contribution in [-0.4, -0.2) is 16.8 Å². The van der Waals surface area contributed by atoms with E-state index in [1.165, 1.54) is 31.2 Å². The van der Waals surface area contributed by atoms with Crippen molar-refractivity contribution in [2.45, 2.75) is 51.2 Å². The van der Waals surface area contributed by atoms with Crippen LogP contribution in [0.15, 0.2) is 24.3 Å². The van der Waals surface area contributed by atoms with Gasteiger partial charge in [-0.25, -0.2) is 0 Å². The molecule has 0 bridgehead atoms. The van der Waals surface area contributed by atoms with E-state index in [9.17, 15) is 4.79 Å². The van der Waals surface area contributed by atoms with E-state index in [-0.39, 0.29) is 0 Å². The Kier molecular flexibility index (Phi) is 5.50.